The molecule has 0 aliphatic heterocycles. The van der Waals surface area contributed by atoms with Gasteiger partial charge in [0.25, 0.3) is 0 Å². The van der Waals surface area contributed by atoms with Gasteiger partial charge >= 0.3 is 5.97 Å². The molecule has 0 radical (unpaired) electrons. The summed E-state index contributed by atoms with van der Waals surface area (Å²) in [4.78, 5) is 16.3. The summed E-state index contributed by atoms with van der Waals surface area (Å²) in [5.41, 5.74) is 2.93. The minimum absolute atomic E-state index is 0.113. The van der Waals surface area contributed by atoms with Crippen LogP contribution in [0.3, 0.4) is 0 Å². The number of carboxylic acids is 1. The standard InChI is InChI=1S/C26H31NO3S/c1-3-4-5-9-23(28)18-10-12-20(13-11-18)25-19(14-16-22(25)27-2)7-6-8-21-15-17-24(31-21)26(29)30/h10-13,15-17,19,23,25,28H,3-9,14H2,1H3,(H,29,30). The summed E-state index contributed by atoms with van der Waals surface area (Å²) in [7, 11) is 0. The Bertz CT molecular complexity index is 938. The molecule has 3 unspecified atom stereocenters. The number of allylic oxidation sites excluding steroid dienone is 2. The van der Waals surface area contributed by atoms with E-state index in [0.29, 0.717) is 10.8 Å². The summed E-state index contributed by atoms with van der Waals surface area (Å²) in [6.07, 6.45) is 9.53. The molecular weight excluding hydrogens is 406 g/mol. The fourth-order valence-electron chi connectivity index (χ4n) is 4.46. The number of hydrogen-bond acceptors (Lipinski definition) is 3. The molecule has 4 nitrogen and oxygen atoms in total. The van der Waals surface area contributed by atoms with E-state index in [2.05, 4.69) is 30.0 Å². The molecule has 1 aromatic heterocycles. The van der Waals surface area contributed by atoms with Crippen molar-refractivity contribution in [1.29, 1.82) is 0 Å². The monoisotopic (exact) mass is 437 g/mol. The van der Waals surface area contributed by atoms with Gasteiger partial charge in [0.05, 0.1) is 12.7 Å². The Morgan fingerprint density at radius 2 is 1.97 bits per heavy atom. The molecule has 5 heteroatoms. The minimum atomic E-state index is -0.864. The number of aromatic carboxylic acids is 1. The second kappa shape index (κ2) is 11.3. The predicted molar refractivity (Wildman–Crippen MR) is 125 cm³/mol. The van der Waals surface area contributed by atoms with Crippen molar-refractivity contribution in [3.05, 3.63) is 80.5 Å². The van der Waals surface area contributed by atoms with Crippen LogP contribution in [0.15, 0.2) is 48.2 Å². The van der Waals surface area contributed by atoms with Crippen LogP contribution in [0.25, 0.3) is 4.85 Å². The van der Waals surface area contributed by atoms with Crippen LogP contribution in [0, 0.1) is 12.5 Å². The second-order valence-corrected chi connectivity index (χ2v) is 9.52. The Morgan fingerprint density at radius 1 is 1.19 bits per heavy atom. The highest BCUT2D eigenvalue weighted by Crippen LogP contribution is 2.43. The topological polar surface area (TPSA) is 61.9 Å². The fraction of sp³-hybridized carbons (Fsp3) is 0.462. The zero-order valence-electron chi connectivity index (χ0n) is 18.1. The van der Waals surface area contributed by atoms with Gasteiger partial charge in [-0.2, -0.15) is 0 Å². The number of carboxylic acid groups (broad SMARTS) is 1. The van der Waals surface area contributed by atoms with Crippen LogP contribution >= 0.6 is 11.3 Å². The lowest BCUT2D eigenvalue weighted by atomic mass is 9.83. The van der Waals surface area contributed by atoms with Gasteiger partial charge in [0.2, 0.25) is 0 Å². The lowest BCUT2D eigenvalue weighted by molar-refractivity contribution is 0.0702. The Labute approximate surface area is 189 Å². The first-order chi connectivity index (χ1) is 15.0. The van der Waals surface area contributed by atoms with Gasteiger partial charge in [-0.3, -0.25) is 0 Å². The Kier molecular flexibility index (Phi) is 8.45. The van der Waals surface area contributed by atoms with E-state index in [0.717, 1.165) is 73.1 Å². The molecule has 0 fully saturated rings. The van der Waals surface area contributed by atoms with Crippen molar-refractivity contribution in [3.63, 3.8) is 0 Å². The fourth-order valence-corrected chi connectivity index (χ4v) is 5.35. The van der Waals surface area contributed by atoms with E-state index in [1.165, 1.54) is 11.3 Å². The molecule has 2 N–H and O–H groups in total. The number of unbranched alkanes of at least 4 members (excludes halogenated alkanes) is 2. The van der Waals surface area contributed by atoms with Gasteiger partial charge in [0, 0.05) is 10.8 Å². The quantitative estimate of drug-likeness (QED) is 0.294. The van der Waals surface area contributed by atoms with E-state index in [-0.39, 0.29) is 5.92 Å². The van der Waals surface area contributed by atoms with Gasteiger partial charge in [-0.05, 0) is 49.3 Å². The largest absolute Gasteiger partial charge is 0.477 e. The van der Waals surface area contributed by atoms with E-state index >= 15 is 0 Å². The van der Waals surface area contributed by atoms with Crippen LogP contribution in [0.1, 0.15) is 89.6 Å². The molecule has 31 heavy (non-hydrogen) atoms. The maximum absolute atomic E-state index is 11.1. The van der Waals surface area contributed by atoms with Crippen molar-refractivity contribution in [2.24, 2.45) is 5.92 Å². The van der Waals surface area contributed by atoms with Crippen molar-refractivity contribution < 1.29 is 15.0 Å². The molecule has 0 spiro atoms. The van der Waals surface area contributed by atoms with E-state index in [1.54, 1.807) is 6.07 Å². The maximum Gasteiger partial charge on any atom is 0.345 e. The highest BCUT2D eigenvalue weighted by Gasteiger charge is 2.31. The van der Waals surface area contributed by atoms with Crippen molar-refractivity contribution in [1.82, 2.24) is 0 Å². The lowest BCUT2D eigenvalue weighted by Crippen LogP contribution is -2.10. The van der Waals surface area contributed by atoms with Gasteiger partial charge < -0.3 is 10.2 Å². The number of benzene rings is 1. The molecule has 3 rings (SSSR count). The predicted octanol–water partition coefficient (Wildman–Crippen LogP) is 6.99. The van der Waals surface area contributed by atoms with Crippen LogP contribution in [-0.4, -0.2) is 16.2 Å². The summed E-state index contributed by atoms with van der Waals surface area (Å²) in [6.45, 7) is 9.75. The summed E-state index contributed by atoms with van der Waals surface area (Å²) >= 11 is 1.35. The average Bonchev–Trinajstić information content (AvgIpc) is 3.41. The number of thiophene rings is 1. The van der Waals surface area contributed by atoms with Gasteiger partial charge in [-0.25, -0.2) is 9.64 Å². The number of rotatable bonds is 11. The molecule has 164 valence electrons. The van der Waals surface area contributed by atoms with Gasteiger partial charge in [0.15, 0.2) is 5.70 Å². The highest BCUT2D eigenvalue weighted by molar-refractivity contribution is 7.13. The summed E-state index contributed by atoms with van der Waals surface area (Å²) in [5, 5.41) is 19.5. The molecule has 1 aliphatic carbocycles. The van der Waals surface area contributed by atoms with E-state index in [4.69, 9.17) is 11.7 Å². The smallest absolute Gasteiger partial charge is 0.345 e. The zero-order chi connectivity index (χ0) is 22.2. The first kappa shape index (κ1) is 23.2. The molecule has 1 aromatic carbocycles. The van der Waals surface area contributed by atoms with Gasteiger partial charge in [-0.1, -0.05) is 68.5 Å². The number of aliphatic hydroxyl groups is 1. The van der Waals surface area contributed by atoms with Crippen LogP contribution in [0.5, 0.6) is 0 Å². The Hall–Kier alpha value is -2.42. The van der Waals surface area contributed by atoms with Crippen LogP contribution in [0.2, 0.25) is 0 Å². The summed E-state index contributed by atoms with van der Waals surface area (Å²) in [6, 6.07) is 11.8. The SMILES string of the molecule is [C-]#[N+]C1=CCC(CCCc2ccc(C(=O)O)s2)C1c1ccc(C(O)CCCCC)cc1. The second-order valence-electron chi connectivity index (χ2n) is 8.36. The molecule has 0 amide bonds. The van der Waals surface area contributed by atoms with E-state index in [1.807, 2.05) is 18.2 Å². The number of aliphatic hydroxyl groups excluding tert-OH is 1. The first-order valence-corrected chi connectivity index (χ1v) is 12.0. The Balaban J connectivity index is 1.61. The molecular formula is C26H31NO3S. The molecule has 2 aromatic rings. The summed E-state index contributed by atoms with van der Waals surface area (Å²) in [5.74, 6) is -0.359. The van der Waals surface area contributed by atoms with Crippen molar-refractivity contribution >= 4 is 17.3 Å². The normalized spacial score (nSPS) is 19.1. The number of carbonyl (C=O) groups is 1. The molecule has 0 saturated heterocycles. The van der Waals surface area contributed by atoms with Crippen LogP contribution < -0.4 is 0 Å². The van der Waals surface area contributed by atoms with Crippen LogP contribution in [0.4, 0.5) is 0 Å². The number of aryl methyl sites for hydroxylation is 1. The van der Waals surface area contributed by atoms with Crippen molar-refractivity contribution in [2.45, 2.75) is 70.3 Å². The molecule has 3 atom stereocenters. The minimum Gasteiger partial charge on any atom is -0.477 e. The maximum atomic E-state index is 11.1. The Morgan fingerprint density at radius 3 is 2.61 bits per heavy atom. The highest BCUT2D eigenvalue weighted by atomic mass is 32.1. The first-order valence-electron chi connectivity index (χ1n) is 11.2. The number of hydrogen-bond donors (Lipinski definition) is 2. The number of nitrogens with zero attached hydrogens (tertiary/aromatic N) is 1. The van der Waals surface area contributed by atoms with Crippen molar-refractivity contribution in [3.8, 4) is 0 Å². The van der Waals surface area contributed by atoms with Crippen molar-refractivity contribution in [2.75, 3.05) is 0 Å². The van der Waals surface area contributed by atoms with Gasteiger partial charge in [0.1, 0.15) is 4.88 Å². The third-order valence-corrected chi connectivity index (χ3v) is 7.31. The third-order valence-electron chi connectivity index (χ3n) is 6.18. The summed E-state index contributed by atoms with van der Waals surface area (Å²) < 4.78 is 0. The van der Waals surface area contributed by atoms with E-state index in [9.17, 15) is 9.90 Å². The van der Waals surface area contributed by atoms with Crippen LogP contribution in [-0.2, 0) is 6.42 Å². The van der Waals surface area contributed by atoms with E-state index < -0.39 is 12.1 Å². The molecule has 0 saturated carbocycles. The van der Waals surface area contributed by atoms with Gasteiger partial charge in [-0.15, -0.1) is 11.3 Å². The molecule has 0 bridgehead atoms. The zero-order valence-corrected chi connectivity index (χ0v) is 18.9. The molecule has 1 aliphatic rings. The lowest BCUT2D eigenvalue weighted by Gasteiger charge is -2.22. The molecule has 1 heterocycles. The third kappa shape index (κ3) is 6.06. The average molecular weight is 438 g/mol.